The number of hydrogen-bond acceptors (Lipinski definition) is 8. The third-order valence-corrected chi connectivity index (χ3v) is 21.1. The molecule has 16 rings (SSSR count). The zero-order chi connectivity index (χ0) is 83.4. The molecule has 12 aromatic carbocycles. The van der Waals surface area contributed by atoms with Crippen LogP contribution in [0, 0.1) is 6.07 Å². The zero-order valence-corrected chi connectivity index (χ0v) is 70.3. The van der Waals surface area contributed by atoms with Crippen LogP contribution in [0.2, 0.25) is 0 Å². The molecule has 602 valence electrons. The number of hydrogen-bond donors (Lipinski definition) is 2. The van der Waals surface area contributed by atoms with E-state index in [1.807, 2.05) is 257 Å². The average Bonchev–Trinajstić information content (AvgIpc) is 1.59. The molecule has 10 nitrogen and oxygen atoms in total. The quantitative estimate of drug-likeness (QED) is 0.0819. The second kappa shape index (κ2) is 32.7. The van der Waals surface area contributed by atoms with Crippen LogP contribution in [0.1, 0.15) is 116 Å². The van der Waals surface area contributed by atoms with Gasteiger partial charge >= 0.3 is 12.4 Å². The van der Waals surface area contributed by atoms with E-state index in [0.717, 1.165) is 92.0 Å². The number of alkyl halides is 6. The van der Waals surface area contributed by atoms with Crippen molar-refractivity contribution in [3.8, 4) is 90.7 Å². The fraction of sp³-hybridized carbons (Fsp3) is 0.176. The van der Waals surface area contributed by atoms with Crippen LogP contribution in [0.5, 0.6) is 11.5 Å². The monoisotopic (exact) mass is 1770 g/mol. The molecule has 17 heteroatoms. The van der Waals surface area contributed by atoms with Gasteiger partial charge in [-0.25, -0.2) is 15.0 Å². The normalized spacial score (nSPS) is 12.1. The minimum absolute atomic E-state index is 0. The number of aromatic hydroxyl groups is 2. The number of phenols is 2. The molecular formula is C102H89F6N8O2Pt-. The van der Waals surface area contributed by atoms with Crippen LogP contribution in [-0.4, -0.2) is 39.3 Å². The summed E-state index contributed by atoms with van der Waals surface area (Å²) in [5.74, 6) is 1.14. The molecule has 0 spiro atoms. The predicted octanol–water partition coefficient (Wildman–Crippen LogP) is 28.2. The second-order valence-electron chi connectivity index (χ2n) is 33.7. The largest absolute Gasteiger partial charge is 0.507 e. The molecule has 0 bridgehead atoms. The minimum Gasteiger partial charge on any atom is -0.507 e. The fourth-order valence-electron chi connectivity index (χ4n) is 15.0. The van der Waals surface area contributed by atoms with Crippen LogP contribution in [0.25, 0.3) is 101 Å². The van der Waals surface area contributed by atoms with E-state index in [4.69, 9.17) is 19.9 Å². The number of pyridine rings is 2. The Labute approximate surface area is 704 Å². The van der Waals surface area contributed by atoms with Gasteiger partial charge in [-0.05, 0) is 172 Å². The van der Waals surface area contributed by atoms with Crippen molar-refractivity contribution in [2.45, 2.75) is 117 Å². The summed E-state index contributed by atoms with van der Waals surface area (Å²) in [6.45, 7) is 25.1. The van der Waals surface area contributed by atoms with Crippen LogP contribution in [0.3, 0.4) is 0 Å². The molecule has 0 radical (unpaired) electrons. The molecule has 119 heavy (non-hydrogen) atoms. The maximum absolute atomic E-state index is 14.9. The Morgan fingerprint density at radius 3 is 1.01 bits per heavy atom. The van der Waals surface area contributed by atoms with Crippen LogP contribution >= 0.6 is 0 Å². The van der Waals surface area contributed by atoms with Crippen molar-refractivity contribution in [1.29, 1.82) is 0 Å². The van der Waals surface area contributed by atoms with Crippen molar-refractivity contribution in [3.05, 3.63) is 349 Å². The van der Waals surface area contributed by atoms with E-state index in [0.29, 0.717) is 67.1 Å². The number of anilines is 6. The molecule has 4 aromatic heterocycles. The number of fused-ring (bicyclic) bond motifs is 2. The third kappa shape index (κ3) is 17.3. The molecule has 0 saturated carbocycles. The maximum Gasteiger partial charge on any atom is 0.416 e. The maximum atomic E-state index is 14.9. The Kier molecular flexibility index (Phi) is 22.8. The van der Waals surface area contributed by atoms with Gasteiger partial charge in [-0.1, -0.05) is 247 Å². The summed E-state index contributed by atoms with van der Waals surface area (Å²) in [6.07, 6.45) is -9.33. The number of nitrogens with zero attached hydrogens (tertiary/aromatic N) is 8. The average molecular weight is 1770 g/mol. The summed E-state index contributed by atoms with van der Waals surface area (Å²) in [6, 6.07) is 97.9. The number of para-hydroxylation sites is 8. The molecule has 0 atom stereocenters. The van der Waals surface area contributed by atoms with E-state index in [2.05, 4.69) is 106 Å². The summed E-state index contributed by atoms with van der Waals surface area (Å²) in [4.78, 5) is 24.4. The van der Waals surface area contributed by atoms with Crippen molar-refractivity contribution in [2.75, 3.05) is 9.80 Å². The molecule has 0 amide bonds. The molecule has 0 aliphatic heterocycles. The number of halogens is 6. The number of aromatic nitrogens is 6. The molecule has 0 fully saturated rings. The van der Waals surface area contributed by atoms with Gasteiger partial charge in [-0.15, -0.1) is 29.8 Å². The summed E-state index contributed by atoms with van der Waals surface area (Å²) in [5.41, 5.74) is 12.8. The smallest absolute Gasteiger partial charge is 0.416 e. The number of rotatable bonds is 14. The molecule has 16 aromatic rings. The Bertz CT molecular complexity index is 5880. The van der Waals surface area contributed by atoms with Gasteiger partial charge in [-0.2, -0.15) is 26.3 Å². The summed E-state index contributed by atoms with van der Waals surface area (Å²) in [7, 11) is 0. The zero-order valence-electron chi connectivity index (χ0n) is 68.0. The van der Waals surface area contributed by atoms with Crippen molar-refractivity contribution >= 4 is 56.2 Å². The van der Waals surface area contributed by atoms with Crippen LogP contribution in [0.15, 0.2) is 309 Å². The summed E-state index contributed by atoms with van der Waals surface area (Å²) < 4.78 is 93.2. The van der Waals surface area contributed by atoms with E-state index in [1.165, 1.54) is 0 Å². The standard InChI is InChI=1S/C51H45F3N4O.C51H44F3N4O.Pt/c2*1-49(2,3)34-29-41(47(59)42(30-34)50(4,5)6)48-56-46-40(26-17-27-45(46)58(48)38-23-14-9-15-24-38)44-32-35(51(52,53)54)31-43(55-44)33-18-16-25-39(28-33)57(36-19-10-7-11-20-36)37-21-12-8-13-22-37;/h7-32,59H,1-6H3;7-17,19-32,59H,1-6H3;/q;-1;. The van der Waals surface area contributed by atoms with E-state index >= 15 is 0 Å². The Morgan fingerprint density at radius 2 is 0.639 bits per heavy atom. The summed E-state index contributed by atoms with van der Waals surface area (Å²) >= 11 is 0. The number of imidazole rings is 2. The SMILES string of the molecule is CC(C)(C)c1cc(-c2nc3c(-c4cc(C(F)(F)F)cc(-c5[c-]ccc(N(c6ccccc6)c6ccccc6)c5)n4)cccc3n2-c2ccccc2)c(O)c(C(C)(C)C)c1.CC(C)(C)c1cc(-c2nc3c(-c4cc(C(F)(F)F)cc(-c5cccc(N(c6ccccc6)c6ccccc6)c5)n4)cccc3n2-c2ccccc2)c(O)c(C(C)(C)C)c1.[Pt]. The Balaban J connectivity index is 0.000000194. The van der Waals surface area contributed by atoms with Gasteiger partial charge in [0.15, 0.2) is 0 Å². The second-order valence-corrected chi connectivity index (χ2v) is 33.7. The molecule has 0 saturated heterocycles. The van der Waals surface area contributed by atoms with Gasteiger partial charge < -0.3 is 20.0 Å². The van der Waals surface area contributed by atoms with Crippen LogP contribution < -0.4 is 9.80 Å². The first-order valence-electron chi connectivity index (χ1n) is 39.2. The molecule has 4 heterocycles. The molecule has 0 aliphatic carbocycles. The fourth-order valence-corrected chi connectivity index (χ4v) is 15.0. The number of phenolic OH excluding ortho intramolecular Hbond substituents is 2. The van der Waals surface area contributed by atoms with Crippen molar-refractivity contribution in [3.63, 3.8) is 0 Å². The first-order chi connectivity index (χ1) is 56.1. The van der Waals surface area contributed by atoms with E-state index in [-0.39, 0.29) is 66.2 Å². The van der Waals surface area contributed by atoms with Gasteiger partial charge in [0.05, 0.1) is 61.4 Å². The predicted molar refractivity (Wildman–Crippen MR) is 467 cm³/mol. The first kappa shape index (κ1) is 82.9. The first-order valence-corrected chi connectivity index (χ1v) is 39.2. The summed E-state index contributed by atoms with van der Waals surface area (Å²) in [5, 5.41) is 24.1. The molecule has 0 aliphatic rings. The van der Waals surface area contributed by atoms with Gasteiger partial charge in [-0.3, -0.25) is 14.1 Å². The van der Waals surface area contributed by atoms with Crippen LogP contribution in [-0.2, 0) is 55.1 Å². The Hall–Kier alpha value is -12.7. The van der Waals surface area contributed by atoms with Crippen molar-refractivity contribution in [2.24, 2.45) is 0 Å². The minimum atomic E-state index is -4.67. The van der Waals surface area contributed by atoms with Gasteiger partial charge in [0.25, 0.3) is 0 Å². The van der Waals surface area contributed by atoms with E-state index in [9.17, 15) is 36.6 Å². The topological polar surface area (TPSA) is 108 Å². The van der Waals surface area contributed by atoms with Crippen LogP contribution in [0.4, 0.5) is 60.5 Å². The van der Waals surface area contributed by atoms with Crippen molar-refractivity contribution in [1.82, 2.24) is 29.1 Å². The Morgan fingerprint density at radius 1 is 0.303 bits per heavy atom. The van der Waals surface area contributed by atoms with E-state index in [1.54, 1.807) is 30.3 Å². The molecule has 2 N–H and O–H groups in total. The number of benzene rings is 12. The molecule has 0 unspecified atom stereocenters. The third-order valence-electron chi connectivity index (χ3n) is 21.1. The van der Waals surface area contributed by atoms with Gasteiger partial charge in [0.1, 0.15) is 23.1 Å². The van der Waals surface area contributed by atoms with Gasteiger partial charge in [0, 0.05) is 88.7 Å². The van der Waals surface area contributed by atoms with E-state index < -0.39 is 34.3 Å². The molecular weight excluding hydrogens is 1680 g/mol. The van der Waals surface area contributed by atoms with Gasteiger partial charge in [0.2, 0.25) is 0 Å². The van der Waals surface area contributed by atoms with Crippen molar-refractivity contribution < 1.29 is 57.6 Å².